The predicted molar refractivity (Wildman–Crippen MR) is 133 cm³/mol. The van der Waals surface area contributed by atoms with E-state index in [0.29, 0.717) is 22.8 Å². The normalized spacial score (nSPS) is 11.7. The highest BCUT2D eigenvalue weighted by Gasteiger charge is 2.23. The lowest BCUT2D eigenvalue weighted by Gasteiger charge is -2.07. The van der Waals surface area contributed by atoms with Crippen LogP contribution in [0.1, 0.15) is 25.0 Å². The summed E-state index contributed by atoms with van der Waals surface area (Å²) >= 11 is 0.715. The second-order valence-electron chi connectivity index (χ2n) is 7.96. The van der Waals surface area contributed by atoms with Crippen LogP contribution >= 0.6 is 11.5 Å². The van der Waals surface area contributed by atoms with Gasteiger partial charge in [-0.1, -0.05) is 26.0 Å². The summed E-state index contributed by atoms with van der Waals surface area (Å²) in [5, 5.41) is 22.2. The summed E-state index contributed by atoms with van der Waals surface area (Å²) in [4.78, 5) is 26.6. The molecule has 2 aromatic carbocycles. The van der Waals surface area contributed by atoms with E-state index in [1.54, 1.807) is 50.2 Å². The first kappa shape index (κ1) is 26.5. The first-order valence-corrected chi connectivity index (χ1v) is 13.0. The number of hydrogen-bond acceptors (Lipinski definition) is 10. The molecule has 0 spiro atoms. The summed E-state index contributed by atoms with van der Waals surface area (Å²) < 4.78 is 33.9. The molecule has 0 atom stereocenters. The predicted octanol–water partition coefficient (Wildman–Crippen LogP) is 4.00. The van der Waals surface area contributed by atoms with E-state index in [4.69, 9.17) is 4.74 Å². The van der Waals surface area contributed by atoms with Crippen LogP contribution in [0.25, 0.3) is 6.08 Å². The molecule has 1 N–H and O–H groups in total. The van der Waals surface area contributed by atoms with Gasteiger partial charge in [-0.2, -0.15) is 14.6 Å². The van der Waals surface area contributed by atoms with Crippen LogP contribution in [0.15, 0.2) is 59.3 Å². The van der Waals surface area contributed by atoms with Crippen LogP contribution in [0.4, 0.5) is 10.8 Å². The zero-order chi connectivity index (χ0) is 26.3. The van der Waals surface area contributed by atoms with Crippen molar-refractivity contribution in [1.29, 1.82) is 5.26 Å². The van der Waals surface area contributed by atoms with E-state index in [1.807, 2.05) is 6.07 Å². The van der Waals surface area contributed by atoms with Gasteiger partial charge in [0, 0.05) is 23.7 Å². The van der Waals surface area contributed by atoms with Crippen LogP contribution in [0, 0.1) is 27.4 Å². The Morgan fingerprint density at radius 3 is 2.47 bits per heavy atom. The molecule has 1 amide bonds. The lowest BCUT2D eigenvalue weighted by Crippen LogP contribution is -2.15. The number of carbonyl (C=O) groups excluding carboxylic acids is 1. The number of carbonyl (C=O) groups is 1. The Bertz CT molecular complexity index is 1420. The van der Waals surface area contributed by atoms with E-state index in [0.717, 1.165) is 5.56 Å². The van der Waals surface area contributed by atoms with Gasteiger partial charge in [0.1, 0.15) is 24.0 Å². The molecule has 1 aromatic heterocycles. The molecule has 0 bridgehead atoms. The largest absolute Gasteiger partial charge is 0.489 e. The number of rotatable bonds is 10. The lowest BCUT2D eigenvalue weighted by molar-refractivity contribution is -0.384. The first-order valence-electron chi connectivity index (χ1n) is 10.5. The molecule has 0 saturated heterocycles. The van der Waals surface area contributed by atoms with Gasteiger partial charge in [-0.25, -0.2) is 8.42 Å². The number of benzene rings is 2. The Balaban J connectivity index is 1.62. The summed E-state index contributed by atoms with van der Waals surface area (Å²) in [5.41, 5.74) is 1.10. The molecule has 0 fully saturated rings. The van der Waals surface area contributed by atoms with Gasteiger partial charge < -0.3 is 4.74 Å². The van der Waals surface area contributed by atoms with Crippen LogP contribution in [-0.2, 0) is 21.2 Å². The monoisotopic (exact) mass is 527 g/mol. The highest BCUT2D eigenvalue weighted by molar-refractivity contribution is 7.91. The molecule has 0 radical (unpaired) electrons. The number of nitrogens with zero attached hydrogens (tertiary/aromatic N) is 4. The fourth-order valence-electron chi connectivity index (χ4n) is 2.92. The van der Waals surface area contributed by atoms with Crippen LogP contribution in [0.2, 0.25) is 0 Å². The third kappa shape index (κ3) is 7.17. The quantitative estimate of drug-likeness (QED) is 0.177. The topological polar surface area (TPSA) is 165 Å². The molecule has 0 unspecified atom stereocenters. The van der Waals surface area contributed by atoms with Crippen LogP contribution in [0.5, 0.6) is 5.75 Å². The number of anilines is 1. The van der Waals surface area contributed by atoms with E-state index in [-0.39, 0.29) is 39.8 Å². The fraction of sp³-hybridized carbons (Fsp3) is 0.217. The average Bonchev–Trinajstić information content (AvgIpc) is 3.31. The van der Waals surface area contributed by atoms with Crippen LogP contribution in [0.3, 0.4) is 0 Å². The Kier molecular flexibility index (Phi) is 8.46. The summed E-state index contributed by atoms with van der Waals surface area (Å²) in [6.07, 6.45) is 1.37. The summed E-state index contributed by atoms with van der Waals surface area (Å²) in [6, 6.07) is 14.4. The summed E-state index contributed by atoms with van der Waals surface area (Å²) in [7, 11) is -3.66. The Morgan fingerprint density at radius 2 is 1.89 bits per heavy atom. The smallest absolute Gasteiger partial charge is 0.269 e. The van der Waals surface area contributed by atoms with Crippen LogP contribution < -0.4 is 10.1 Å². The lowest BCUT2D eigenvalue weighted by atomic mass is 10.1. The second-order valence-corrected chi connectivity index (χ2v) is 10.6. The SMILES string of the molecule is CC(C)CS(=O)(=O)c1nsc(NC(=O)C(C#N)=Cc2ccc(OCc3ccc([N+](=O)[O-])cc3)cc2)n1. The molecule has 11 nitrogen and oxygen atoms in total. The van der Waals surface area contributed by atoms with Crippen molar-refractivity contribution in [2.24, 2.45) is 5.92 Å². The van der Waals surface area contributed by atoms with Crippen molar-refractivity contribution in [3.05, 3.63) is 75.3 Å². The van der Waals surface area contributed by atoms with Gasteiger partial charge in [0.15, 0.2) is 0 Å². The summed E-state index contributed by atoms with van der Waals surface area (Å²) in [6.45, 7) is 3.72. The fourth-order valence-corrected chi connectivity index (χ4v) is 5.27. The molecule has 36 heavy (non-hydrogen) atoms. The maximum Gasteiger partial charge on any atom is 0.269 e. The standard InChI is InChI=1S/C23H21N5O6S2/c1-15(2)14-36(32,33)23-26-22(35-27-23)25-21(29)18(12-24)11-16-5-9-20(10-6-16)34-13-17-3-7-19(8-4-17)28(30)31/h3-11,15H,13-14H2,1-2H3,(H,25,26,27,29). The van der Waals surface area contributed by atoms with Gasteiger partial charge in [-0.15, -0.1) is 0 Å². The molecule has 0 aliphatic rings. The molecule has 1 heterocycles. The molecular formula is C23H21N5O6S2. The third-order valence-electron chi connectivity index (χ3n) is 4.57. The van der Waals surface area contributed by atoms with E-state index in [1.165, 1.54) is 18.2 Å². The number of amides is 1. The third-order valence-corrected chi connectivity index (χ3v) is 7.16. The molecule has 186 valence electrons. The van der Waals surface area contributed by atoms with E-state index < -0.39 is 20.7 Å². The number of ether oxygens (including phenoxy) is 1. The minimum atomic E-state index is -3.66. The molecule has 0 saturated carbocycles. The zero-order valence-corrected chi connectivity index (χ0v) is 20.9. The van der Waals surface area contributed by atoms with Crippen LogP contribution in [-0.4, -0.2) is 34.4 Å². The van der Waals surface area contributed by atoms with E-state index in [2.05, 4.69) is 14.7 Å². The summed E-state index contributed by atoms with van der Waals surface area (Å²) in [5.74, 6) is -0.449. The van der Waals surface area contributed by atoms with Gasteiger partial charge in [-0.3, -0.25) is 20.2 Å². The number of nitrogens with one attached hydrogen (secondary N) is 1. The number of nitro benzene ring substituents is 1. The van der Waals surface area contributed by atoms with Crippen molar-refractivity contribution in [3.8, 4) is 11.8 Å². The maximum absolute atomic E-state index is 12.5. The molecule has 0 aliphatic heterocycles. The minimum absolute atomic E-state index is 0.00468. The van der Waals surface area contributed by atoms with E-state index >= 15 is 0 Å². The number of nitriles is 1. The van der Waals surface area contributed by atoms with Gasteiger partial charge in [0.2, 0.25) is 15.0 Å². The van der Waals surface area contributed by atoms with Gasteiger partial charge in [0.05, 0.1) is 10.7 Å². The molecule has 13 heteroatoms. The second kappa shape index (κ2) is 11.5. The maximum atomic E-state index is 12.5. The molecule has 3 rings (SSSR count). The Morgan fingerprint density at radius 1 is 1.22 bits per heavy atom. The first-order chi connectivity index (χ1) is 17.1. The minimum Gasteiger partial charge on any atom is -0.489 e. The van der Waals surface area contributed by atoms with Crippen molar-refractivity contribution in [3.63, 3.8) is 0 Å². The van der Waals surface area contributed by atoms with E-state index in [9.17, 15) is 28.6 Å². The molecule has 0 aliphatic carbocycles. The van der Waals surface area contributed by atoms with Crippen molar-refractivity contribution < 1.29 is 22.9 Å². The van der Waals surface area contributed by atoms with Crippen molar-refractivity contribution in [2.45, 2.75) is 25.6 Å². The zero-order valence-electron chi connectivity index (χ0n) is 19.2. The van der Waals surface area contributed by atoms with Crippen molar-refractivity contribution in [1.82, 2.24) is 9.36 Å². The van der Waals surface area contributed by atoms with Crippen molar-refractivity contribution >= 4 is 44.2 Å². The number of non-ortho nitro benzene ring substituents is 1. The molecule has 3 aromatic rings. The number of aromatic nitrogens is 2. The Hall–Kier alpha value is -4.15. The number of sulfone groups is 1. The number of hydrogen-bond donors (Lipinski definition) is 1. The highest BCUT2D eigenvalue weighted by Crippen LogP contribution is 2.20. The van der Waals surface area contributed by atoms with Gasteiger partial charge in [0.25, 0.3) is 16.8 Å². The van der Waals surface area contributed by atoms with Gasteiger partial charge >= 0.3 is 0 Å². The van der Waals surface area contributed by atoms with Gasteiger partial charge in [-0.05, 0) is 47.4 Å². The van der Waals surface area contributed by atoms with Crippen molar-refractivity contribution in [2.75, 3.05) is 11.1 Å². The Labute approximate surface area is 211 Å². The average molecular weight is 528 g/mol. The number of nitro groups is 1. The molecular weight excluding hydrogens is 506 g/mol. The highest BCUT2D eigenvalue weighted by atomic mass is 32.2.